The second-order valence-electron chi connectivity index (χ2n) is 11.9. The number of halogens is 6. The number of carboxylic acids is 1. The highest BCUT2D eigenvalue weighted by atomic mass is 19.3. The van der Waals surface area contributed by atoms with Crippen LogP contribution in [0.25, 0.3) is 22.3 Å². The molecule has 0 spiro atoms. The van der Waals surface area contributed by atoms with Crippen molar-refractivity contribution in [3.63, 3.8) is 0 Å². The zero-order valence-electron chi connectivity index (χ0n) is 24.5. The number of aromatic nitrogens is 3. The van der Waals surface area contributed by atoms with Crippen LogP contribution in [0.4, 0.5) is 26.3 Å². The molecule has 2 aliphatic heterocycles. The van der Waals surface area contributed by atoms with Crippen molar-refractivity contribution in [1.29, 1.82) is 0 Å². The smallest absolute Gasteiger partial charge is 0.335 e. The van der Waals surface area contributed by atoms with Crippen LogP contribution in [0.1, 0.15) is 52.1 Å². The SMILES string of the molecule is O=C(O)c1ccc2nc(Cc3c(F)cc(-c4cccc(OCc5ccc(C(F)F)cc5F)n4)c(F)c3F)n(CC34CC(CO3)C4)c2c1. The number of carbonyl (C=O) groups is 1. The molecule has 1 aliphatic carbocycles. The third-order valence-electron chi connectivity index (χ3n) is 8.76. The summed E-state index contributed by atoms with van der Waals surface area (Å²) in [6, 6.07) is 12.1. The summed E-state index contributed by atoms with van der Waals surface area (Å²) in [4.78, 5) is 20.3. The molecule has 0 unspecified atom stereocenters. The first-order valence-electron chi connectivity index (χ1n) is 14.7. The Morgan fingerprint density at radius 2 is 1.81 bits per heavy atom. The van der Waals surface area contributed by atoms with E-state index in [9.17, 15) is 23.1 Å². The zero-order valence-corrected chi connectivity index (χ0v) is 24.5. The van der Waals surface area contributed by atoms with E-state index >= 15 is 13.2 Å². The molecule has 0 atom stereocenters. The van der Waals surface area contributed by atoms with Gasteiger partial charge in [0.1, 0.15) is 24.1 Å². The van der Waals surface area contributed by atoms with Gasteiger partial charge in [-0.25, -0.2) is 41.1 Å². The molecule has 2 saturated heterocycles. The number of fused-ring (bicyclic) bond motifs is 2. The van der Waals surface area contributed by atoms with Crippen molar-refractivity contribution in [2.75, 3.05) is 6.61 Å². The molecule has 1 N–H and O–H groups in total. The number of ether oxygens (including phenoxy) is 2. The van der Waals surface area contributed by atoms with E-state index in [4.69, 9.17) is 9.47 Å². The zero-order chi connectivity index (χ0) is 33.0. The predicted molar refractivity (Wildman–Crippen MR) is 156 cm³/mol. The van der Waals surface area contributed by atoms with Crippen LogP contribution < -0.4 is 4.74 Å². The van der Waals surface area contributed by atoms with E-state index in [-0.39, 0.29) is 28.5 Å². The van der Waals surface area contributed by atoms with Crippen molar-refractivity contribution in [3.05, 3.63) is 112 Å². The molecular formula is C34H25F6N3O4. The summed E-state index contributed by atoms with van der Waals surface area (Å²) in [6.07, 6.45) is -1.68. The molecule has 242 valence electrons. The van der Waals surface area contributed by atoms with Gasteiger partial charge in [-0.05, 0) is 55.2 Å². The van der Waals surface area contributed by atoms with Crippen molar-refractivity contribution in [3.8, 4) is 17.1 Å². The molecule has 7 nitrogen and oxygen atoms in total. The summed E-state index contributed by atoms with van der Waals surface area (Å²) in [5, 5.41) is 9.53. The van der Waals surface area contributed by atoms with E-state index in [0.29, 0.717) is 36.2 Å². The normalized spacial score (nSPS) is 18.6. The van der Waals surface area contributed by atoms with Crippen molar-refractivity contribution < 1.29 is 45.7 Å². The van der Waals surface area contributed by atoms with Crippen molar-refractivity contribution in [2.24, 2.45) is 5.92 Å². The van der Waals surface area contributed by atoms with E-state index in [1.54, 1.807) is 4.57 Å². The van der Waals surface area contributed by atoms with Gasteiger partial charge in [0, 0.05) is 34.7 Å². The van der Waals surface area contributed by atoms with Crippen LogP contribution in [0.3, 0.4) is 0 Å². The number of hydrogen-bond acceptors (Lipinski definition) is 5. The van der Waals surface area contributed by atoms with Crippen LogP contribution in [0.5, 0.6) is 5.88 Å². The van der Waals surface area contributed by atoms with Crippen LogP contribution >= 0.6 is 0 Å². The number of imidazole rings is 1. The molecule has 2 bridgehead atoms. The number of aromatic carboxylic acids is 1. The lowest BCUT2D eigenvalue weighted by Gasteiger charge is -2.36. The maximum absolute atomic E-state index is 15.6. The van der Waals surface area contributed by atoms with Crippen LogP contribution in [0, 0.1) is 29.2 Å². The minimum absolute atomic E-state index is 0.0165. The van der Waals surface area contributed by atoms with Gasteiger partial charge in [-0.15, -0.1) is 0 Å². The second-order valence-corrected chi connectivity index (χ2v) is 11.9. The Bertz CT molecular complexity index is 2040. The van der Waals surface area contributed by atoms with E-state index in [1.807, 2.05) is 0 Å². The fourth-order valence-electron chi connectivity index (χ4n) is 6.36. The Balaban J connectivity index is 1.18. The maximum atomic E-state index is 15.6. The second kappa shape index (κ2) is 11.7. The van der Waals surface area contributed by atoms with Crippen LogP contribution in [-0.2, 0) is 24.3 Å². The summed E-state index contributed by atoms with van der Waals surface area (Å²) in [5.41, 5.74) is -1.35. The molecule has 3 aromatic carbocycles. The Kier molecular flexibility index (Phi) is 7.66. The van der Waals surface area contributed by atoms with Gasteiger partial charge < -0.3 is 19.1 Å². The molecule has 1 saturated carbocycles. The van der Waals surface area contributed by atoms with Crippen molar-refractivity contribution in [1.82, 2.24) is 14.5 Å². The first kappa shape index (κ1) is 30.7. The van der Waals surface area contributed by atoms with Gasteiger partial charge in [0.05, 0.1) is 41.0 Å². The molecule has 8 rings (SSSR count). The summed E-state index contributed by atoms with van der Waals surface area (Å²) >= 11 is 0. The topological polar surface area (TPSA) is 86.5 Å². The summed E-state index contributed by atoms with van der Waals surface area (Å²) in [6.45, 7) is 0.501. The number of nitrogens with zero attached hydrogens (tertiary/aromatic N) is 3. The molecule has 0 amide bonds. The van der Waals surface area contributed by atoms with Gasteiger partial charge in [0.15, 0.2) is 11.6 Å². The fraction of sp³-hybridized carbons (Fsp3) is 0.265. The van der Waals surface area contributed by atoms with Crippen LogP contribution in [-0.4, -0.2) is 37.8 Å². The van der Waals surface area contributed by atoms with Gasteiger partial charge in [0.2, 0.25) is 5.88 Å². The first-order valence-corrected chi connectivity index (χ1v) is 14.7. The molecule has 3 aliphatic rings. The number of benzene rings is 3. The minimum Gasteiger partial charge on any atom is -0.478 e. The maximum Gasteiger partial charge on any atom is 0.335 e. The molecule has 13 heteroatoms. The lowest BCUT2D eigenvalue weighted by molar-refractivity contribution is -0.0132. The number of alkyl halides is 2. The van der Waals surface area contributed by atoms with E-state index < -0.39 is 71.0 Å². The monoisotopic (exact) mass is 653 g/mol. The van der Waals surface area contributed by atoms with E-state index in [1.165, 1.54) is 36.4 Å². The quantitative estimate of drug-likeness (QED) is 0.123. The molecule has 4 heterocycles. The summed E-state index contributed by atoms with van der Waals surface area (Å²) < 4.78 is 99.9. The van der Waals surface area contributed by atoms with Gasteiger partial charge in [-0.1, -0.05) is 18.2 Å². The number of rotatable bonds is 10. The molecular weight excluding hydrogens is 628 g/mol. The highest BCUT2D eigenvalue weighted by Crippen LogP contribution is 2.49. The van der Waals surface area contributed by atoms with E-state index in [0.717, 1.165) is 31.0 Å². The average Bonchev–Trinajstić information content (AvgIpc) is 3.73. The molecule has 0 radical (unpaired) electrons. The number of carboxylic acid groups (broad SMARTS) is 1. The lowest BCUT2D eigenvalue weighted by Crippen LogP contribution is -2.41. The predicted octanol–water partition coefficient (Wildman–Crippen LogP) is 7.64. The Morgan fingerprint density at radius 1 is 1.00 bits per heavy atom. The summed E-state index contributed by atoms with van der Waals surface area (Å²) in [7, 11) is 0. The van der Waals surface area contributed by atoms with Crippen LogP contribution in [0.15, 0.2) is 60.7 Å². The van der Waals surface area contributed by atoms with Gasteiger partial charge in [-0.2, -0.15) is 0 Å². The Hall–Kier alpha value is -4.91. The number of hydrogen-bond donors (Lipinski definition) is 1. The van der Waals surface area contributed by atoms with E-state index in [2.05, 4.69) is 9.97 Å². The van der Waals surface area contributed by atoms with Gasteiger partial charge in [0.25, 0.3) is 6.43 Å². The third-order valence-corrected chi connectivity index (χ3v) is 8.76. The van der Waals surface area contributed by atoms with Gasteiger partial charge in [-0.3, -0.25) is 0 Å². The molecule has 2 aromatic heterocycles. The summed E-state index contributed by atoms with van der Waals surface area (Å²) in [5.74, 6) is -5.40. The molecule has 3 fully saturated rings. The largest absolute Gasteiger partial charge is 0.478 e. The van der Waals surface area contributed by atoms with Crippen molar-refractivity contribution in [2.45, 2.75) is 44.4 Å². The Labute approximate surface area is 263 Å². The Morgan fingerprint density at radius 3 is 2.51 bits per heavy atom. The standard InChI is InChI=1S/C34H25F6N3O4/c35-23-8-18(32(39)40)4-5-20(23)15-46-29-3-1-2-25(42-29)22-10-24(36)21(30(37)31(22)38)11-28-41-26-7-6-19(33(44)45)9-27(26)43(28)16-34-12-17(13-34)14-47-34/h1-10,17,32H,11-16H2,(H,44,45). The lowest BCUT2D eigenvalue weighted by atomic mass is 9.74. The first-order chi connectivity index (χ1) is 22.5. The van der Waals surface area contributed by atoms with Crippen molar-refractivity contribution >= 4 is 17.0 Å². The molecule has 5 aromatic rings. The average molecular weight is 654 g/mol. The third kappa shape index (κ3) is 5.69. The molecule has 47 heavy (non-hydrogen) atoms. The van der Waals surface area contributed by atoms with Crippen LogP contribution in [0.2, 0.25) is 0 Å². The van der Waals surface area contributed by atoms with Gasteiger partial charge >= 0.3 is 5.97 Å². The highest BCUT2D eigenvalue weighted by Gasteiger charge is 2.52. The fourth-order valence-corrected chi connectivity index (χ4v) is 6.36. The number of pyridine rings is 1. The minimum atomic E-state index is -2.84. The highest BCUT2D eigenvalue weighted by molar-refractivity contribution is 5.92.